The van der Waals surface area contributed by atoms with E-state index in [1.807, 2.05) is 21.7 Å². The lowest BCUT2D eigenvalue weighted by Gasteiger charge is -2.25. The summed E-state index contributed by atoms with van der Waals surface area (Å²) in [5.74, 6) is 0.185. The molecule has 3 nitrogen and oxygen atoms in total. The highest BCUT2D eigenvalue weighted by Crippen LogP contribution is 2.18. The van der Waals surface area contributed by atoms with Crippen LogP contribution in [-0.2, 0) is 6.54 Å². The molecule has 0 spiro atoms. The van der Waals surface area contributed by atoms with Gasteiger partial charge in [-0.3, -0.25) is 4.79 Å². The van der Waals surface area contributed by atoms with Crippen molar-refractivity contribution in [2.24, 2.45) is 0 Å². The molecule has 0 saturated carbocycles. The van der Waals surface area contributed by atoms with Gasteiger partial charge in [-0.1, -0.05) is 19.3 Å². The fourth-order valence-corrected chi connectivity index (χ4v) is 2.99. The van der Waals surface area contributed by atoms with Crippen molar-refractivity contribution in [3.05, 3.63) is 22.4 Å². The first-order chi connectivity index (χ1) is 8.72. The summed E-state index contributed by atoms with van der Waals surface area (Å²) < 4.78 is 3.00. The minimum atomic E-state index is 0.185. The van der Waals surface area contributed by atoms with Crippen LogP contribution in [0.25, 0.3) is 0 Å². The van der Waals surface area contributed by atoms with Crippen LogP contribution >= 0.6 is 15.9 Å². The summed E-state index contributed by atoms with van der Waals surface area (Å²) >= 11 is 3.45. The summed E-state index contributed by atoms with van der Waals surface area (Å²) in [6, 6.07) is 1.94. The third kappa shape index (κ3) is 3.16. The first-order valence-electron chi connectivity index (χ1n) is 6.87. The average Bonchev–Trinajstić information content (AvgIpc) is 2.69. The molecule has 0 radical (unpaired) electrons. The Labute approximate surface area is 117 Å². The van der Waals surface area contributed by atoms with Gasteiger partial charge in [0.15, 0.2) is 0 Å². The molecule has 100 valence electrons. The lowest BCUT2D eigenvalue weighted by atomic mass is 10.1. The molecule has 2 heterocycles. The molecule has 0 aromatic carbocycles. The first kappa shape index (κ1) is 13.7. The van der Waals surface area contributed by atoms with Gasteiger partial charge in [0.2, 0.25) is 0 Å². The summed E-state index contributed by atoms with van der Waals surface area (Å²) in [7, 11) is 0. The van der Waals surface area contributed by atoms with Crippen LogP contribution < -0.4 is 0 Å². The van der Waals surface area contributed by atoms with Crippen LogP contribution in [0.5, 0.6) is 0 Å². The van der Waals surface area contributed by atoms with E-state index in [1.54, 1.807) is 0 Å². The Morgan fingerprint density at radius 1 is 1.22 bits per heavy atom. The number of hydrogen-bond acceptors (Lipinski definition) is 1. The normalized spacial score (nSPS) is 17.3. The number of hydrogen-bond donors (Lipinski definition) is 0. The Morgan fingerprint density at radius 2 is 1.83 bits per heavy atom. The number of likely N-dealkylation sites (tertiary alicyclic amines) is 1. The van der Waals surface area contributed by atoms with Crippen LogP contribution in [0.4, 0.5) is 0 Å². The zero-order chi connectivity index (χ0) is 13.0. The van der Waals surface area contributed by atoms with Crippen LogP contribution in [0.3, 0.4) is 0 Å². The number of carbonyl (C=O) groups excluding carboxylic acids is 1. The summed E-state index contributed by atoms with van der Waals surface area (Å²) in [5, 5.41) is 0. The van der Waals surface area contributed by atoms with Gasteiger partial charge in [-0.05, 0) is 41.8 Å². The Balaban J connectivity index is 2.12. The summed E-state index contributed by atoms with van der Waals surface area (Å²) in [5.41, 5.74) is 0.810. The summed E-state index contributed by atoms with van der Waals surface area (Å²) in [4.78, 5) is 14.6. The first-order valence-corrected chi connectivity index (χ1v) is 7.66. The molecule has 1 amide bonds. The lowest BCUT2D eigenvalue weighted by Crippen LogP contribution is -2.35. The van der Waals surface area contributed by atoms with E-state index in [0.717, 1.165) is 42.6 Å². The molecule has 0 aliphatic carbocycles. The number of amides is 1. The number of carbonyl (C=O) groups is 1. The smallest absolute Gasteiger partial charge is 0.270 e. The molecular weight excluding hydrogens is 292 g/mol. The van der Waals surface area contributed by atoms with E-state index in [1.165, 1.54) is 19.3 Å². The van der Waals surface area contributed by atoms with Gasteiger partial charge >= 0.3 is 0 Å². The number of aromatic nitrogens is 1. The average molecular weight is 313 g/mol. The second-order valence-electron chi connectivity index (χ2n) is 4.89. The topological polar surface area (TPSA) is 25.2 Å². The third-order valence-corrected chi connectivity index (χ3v) is 4.00. The van der Waals surface area contributed by atoms with E-state index in [9.17, 15) is 4.79 Å². The van der Waals surface area contributed by atoms with E-state index >= 15 is 0 Å². The molecule has 4 heteroatoms. The van der Waals surface area contributed by atoms with Crippen molar-refractivity contribution in [2.45, 2.75) is 45.6 Å². The third-order valence-electron chi connectivity index (χ3n) is 3.57. The molecule has 0 bridgehead atoms. The number of rotatable bonds is 2. The maximum Gasteiger partial charge on any atom is 0.270 e. The highest BCUT2D eigenvalue weighted by molar-refractivity contribution is 9.10. The fraction of sp³-hybridized carbons (Fsp3) is 0.643. The molecule has 0 N–H and O–H groups in total. The predicted molar refractivity (Wildman–Crippen MR) is 76.8 cm³/mol. The van der Waals surface area contributed by atoms with Crippen molar-refractivity contribution < 1.29 is 4.79 Å². The Hall–Kier alpha value is -0.770. The molecule has 1 aliphatic rings. The SMILES string of the molecule is CCn1cc(Br)cc1C(=O)N1CCCCCCC1. The Morgan fingerprint density at radius 3 is 2.44 bits per heavy atom. The van der Waals surface area contributed by atoms with Gasteiger partial charge in [0.25, 0.3) is 5.91 Å². The second-order valence-corrected chi connectivity index (χ2v) is 5.81. The molecule has 1 saturated heterocycles. The maximum absolute atomic E-state index is 12.5. The van der Waals surface area contributed by atoms with Gasteiger partial charge in [-0.2, -0.15) is 0 Å². The zero-order valence-corrected chi connectivity index (χ0v) is 12.6. The summed E-state index contributed by atoms with van der Waals surface area (Å²) in [6.45, 7) is 4.72. The van der Waals surface area contributed by atoms with Crippen molar-refractivity contribution in [3.63, 3.8) is 0 Å². The van der Waals surface area contributed by atoms with Gasteiger partial charge in [0, 0.05) is 30.3 Å². The Kier molecular flexibility index (Phi) is 4.87. The van der Waals surface area contributed by atoms with Crippen LogP contribution in [0.1, 0.15) is 49.5 Å². The monoisotopic (exact) mass is 312 g/mol. The van der Waals surface area contributed by atoms with Crippen molar-refractivity contribution in [3.8, 4) is 0 Å². The van der Waals surface area contributed by atoms with E-state index in [4.69, 9.17) is 0 Å². The predicted octanol–water partition coefficient (Wildman–Crippen LogP) is 3.68. The fourth-order valence-electron chi connectivity index (χ4n) is 2.53. The van der Waals surface area contributed by atoms with Crippen LogP contribution in [0.2, 0.25) is 0 Å². The second kappa shape index (κ2) is 6.41. The van der Waals surface area contributed by atoms with Crippen LogP contribution in [0, 0.1) is 0 Å². The van der Waals surface area contributed by atoms with Crippen LogP contribution in [0.15, 0.2) is 16.7 Å². The molecule has 0 atom stereocenters. The maximum atomic E-state index is 12.5. The molecule has 18 heavy (non-hydrogen) atoms. The Bertz CT molecular complexity index is 406. The van der Waals surface area contributed by atoms with Crippen LogP contribution in [-0.4, -0.2) is 28.5 Å². The number of nitrogens with zero attached hydrogens (tertiary/aromatic N) is 2. The van der Waals surface area contributed by atoms with Gasteiger partial charge in [-0.25, -0.2) is 0 Å². The molecule has 1 fully saturated rings. The zero-order valence-electron chi connectivity index (χ0n) is 11.0. The van der Waals surface area contributed by atoms with Crippen molar-refractivity contribution in [2.75, 3.05) is 13.1 Å². The van der Waals surface area contributed by atoms with Crippen molar-refractivity contribution >= 4 is 21.8 Å². The molecule has 2 rings (SSSR count). The molecule has 0 unspecified atom stereocenters. The highest BCUT2D eigenvalue weighted by Gasteiger charge is 2.19. The van der Waals surface area contributed by atoms with E-state index in [0.29, 0.717) is 0 Å². The highest BCUT2D eigenvalue weighted by atomic mass is 79.9. The molecule has 1 aromatic rings. The minimum absolute atomic E-state index is 0.185. The molecule has 1 aromatic heterocycles. The van der Waals surface area contributed by atoms with Gasteiger partial charge in [0.1, 0.15) is 5.69 Å². The van der Waals surface area contributed by atoms with E-state index < -0.39 is 0 Å². The minimum Gasteiger partial charge on any atom is -0.343 e. The van der Waals surface area contributed by atoms with Crippen molar-refractivity contribution in [1.29, 1.82) is 0 Å². The quantitative estimate of drug-likeness (QED) is 0.818. The standard InChI is InChI=1S/C14H21BrN2O/c1-2-16-11-12(15)10-13(16)14(18)17-8-6-4-3-5-7-9-17/h10-11H,2-9H2,1H3. The largest absolute Gasteiger partial charge is 0.343 e. The van der Waals surface area contributed by atoms with E-state index in [-0.39, 0.29) is 5.91 Å². The number of aryl methyl sites for hydroxylation is 1. The van der Waals surface area contributed by atoms with Gasteiger partial charge in [-0.15, -0.1) is 0 Å². The van der Waals surface area contributed by atoms with Crippen molar-refractivity contribution in [1.82, 2.24) is 9.47 Å². The molecule has 1 aliphatic heterocycles. The number of halogens is 1. The van der Waals surface area contributed by atoms with Gasteiger partial charge < -0.3 is 9.47 Å². The van der Waals surface area contributed by atoms with Gasteiger partial charge in [0.05, 0.1) is 0 Å². The summed E-state index contributed by atoms with van der Waals surface area (Å²) in [6.07, 6.45) is 8.08. The van der Waals surface area contributed by atoms with E-state index in [2.05, 4.69) is 22.9 Å². The molecular formula is C14H21BrN2O. The lowest BCUT2D eigenvalue weighted by molar-refractivity contribution is 0.0731.